The van der Waals surface area contributed by atoms with E-state index in [1.165, 1.54) is 75.7 Å². The quantitative estimate of drug-likeness (QED) is 0.877. The molecule has 0 saturated heterocycles. The van der Waals surface area contributed by atoms with Crippen LogP contribution in [0.15, 0.2) is 0 Å². The van der Waals surface area contributed by atoms with Crippen molar-refractivity contribution >= 4 is 5.82 Å². The fraction of sp³-hybridized carbons (Fsp3) is 0.824. The van der Waals surface area contributed by atoms with Gasteiger partial charge in [-0.3, -0.25) is 0 Å². The van der Waals surface area contributed by atoms with Crippen molar-refractivity contribution in [1.29, 1.82) is 0 Å². The van der Waals surface area contributed by atoms with Crippen LogP contribution in [0.4, 0.5) is 5.82 Å². The first-order valence-electron chi connectivity index (χ1n) is 8.67. The zero-order valence-electron chi connectivity index (χ0n) is 12.9. The smallest absolute Gasteiger partial charge is 0.127 e. The largest absolute Gasteiger partial charge is 0.384 e. The number of nitrogens with zero attached hydrogens (tertiary/aromatic N) is 2. The van der Waals surface area contributed by atoms with Crippen molar-refractivity contribution in [1.82, 2.24) is 9.55 Å². The summed E-state index contributed by atoms with van der Waals surface area (Å²) in [6.07, 6.45) is 13.4. The molecular formula is C17H29N3. The summed E-state index contributed by atoms with van der Waals surface area (Å²) in [7, 11) is 0. The zero-order valence-corrected chi connectivity index (χ0v) is 12.9. The molecule has 0 amide bonds. The molecule has 3 rings (SSSR count). The minimum absolute atomic E-state index is 0.624. The number of anilines is 1. The Balaban J connectivity index is 1.89. The topological polar surface area (TPSA) is 43.8 Å². The van der Waals surface area contributed by atoms with Crippen molar-refractivity contribution in [2.24, 2.45) is 0 Å². The Morgan fingerprint density at radius 2 is 1.50 bits per heavy atom. The monoisotopic (exact) mass is 275 g/mol. The number of nitrogen functional groups attached to an aromatic ring is 1. The van der Waals surface area contributed by atoms with Crippen LogP contribution < -0.4 is 5.73 Å². The predicted octanol–water partition coefficient (Wildman–Crippen LogP) is 4.58. The van der Waals surface area contributed by atoms with Gasteiger partial charge in [-0.15, -0.1) is 0 Å². The van der Waals surface area contributed by atoms with Gasteiger partial charge < -0.3 is 10.3 Å². The van der Waals surface area contributed by atoms with E-state index in [9.17, 15) is 0 Å². The predicted molar refractivity (Wildman–Crippen MR) is 84.0 cm³/mol. The molecule has 0 spiro atoms. The normalized spacial score (nSPS) is 22.2. The lowest BCUT2D eigenvalue weighted by molar-refractivity contribution is 0.414. The summed E-state index contributed by atoms with van der Waals surface area (Å²) < 4.78 is 2.31. The van der Waals surface area contributed by atoms with Crippen LogP contribution in [0.5, 0.6) is 0 Å². The first-order valence-corrected chi connectivity index (χ1v) is 8.67. The second-order valence-corrected chi connectivity index (χ2v) is 6.65. The summed E-state index contributed by atoms with van der Waals surface area (Å²) in [5.41, 5.74) is 7.68. The first-order chi connectivity index (χ1) is 9.81. The number of hydrogen-bond donors (Lipinski definition) is 1. The summed E-state index contributed by atoms with van der Waals surface area (Å²) in [6.45, 7) is 3.17. The number of imidazole rings is 1. The Bertz CT molecular complexity index is 437. The molecule has 0 radical (unpaired) electrons. The lowest BCUT2D eigenvalue weighted by Crippen LogP contribution is -2.13. The van der Waals surface area contributed by atoms with Gasteiger partial charge in [-0.05, 0) is 32.6 Å². The van der Waals surface area contributed by atoms with Crippen LogP contribution in [-0.4, -0.2) is 9.55 Å². The number of aromatic nitrogens is 2. The molecule has 2 N–H and O–H groups in total. The highest BCUT2D eigenvalue weighted by Gasteiger charge is 2.27. The van der Waals surface area contributed by atoms with Crippen LogP contribution in [0, 0.1) is 0 Å². The summed E-state index contributed by atoms with van der Waals surface area (Å²) in [5.74, 6) is 3.55. The third-order valence-corrected chi connectivity index (χ3v) is 5.34. The Morgan fingerprint density at radius 3 is 2.05 bits per heavy atom. The van der Waals surface area contributed by atoms with Crippen LogP contribution in [0.1, 0.15) is 94.5 Å². The lowest BCUT2D eigenvalue weighted by Gasteiger charge is -2.22. The molecule has 0 unspecified atom stereocenters. The molecule has 2 aliphatic rings. The Kier molecular flexibility index (Phi) is 4.32. The van der Waals surface area contributed by atoms with Gasteiger partial charge >= 0.3 is 0 Å². The first kappa shape index (κ1) is 14.0. The standard InChI is InChI=1S/C17H29N3/c1-2-20-16(18)15(13-9-5-3-6-10-13)19-17(20)14-11-7-4-8-12-14/h13-14H,2-12,18H2,1H3. The van der Waals surface area contributed by atoms with Gasteiger partial charge in [-0.2, -0.15) is 0 Å². The van der Waals surface area contributed by atoms with Crippen LogP contribution in [0.2, 0.25) is 0 Å². The van der Waals surface area contributed by atoms with E-state index in [0.717, 1.165) is 12.4 Å². The summed E-state index contributed by atoms with van der Waals surface area (Å²) in [6, 6.07) is 0. The second-order valence-electron chi connectivity index (χ2n) is 6.65. The van der Waals surface area contributed by atoms with Gasteiger partial charge in [0.05, 0.1) is 5.69 Å². The molecule has 0 atom stereocenters. The van der Waals surface area contributed by atoms with Gasteiger partial charge in [-0.1, -0.05) is 38.5 Å². The maximum Gasteiger partial charge on any atom is 0.127 e. The van der Waals surface area contributed by atoms with E-state index in [1.54, 1.807) is 0 Å². The van der Waals surface area contributed by atoms with Crippen LogP contribution in [0.3, 0.4) is 0 Å². The van der Waals surface area contributed by atoms with Crippen molar-refractivity contribution in [2.45, 2.75) is 89.5 Å². The van der Waals surface area contributed by atoms with Gasteiger partial charge in [0.25, 0.3) is 0 Å². The SMILES string of the molecule is CCn1c(C2CCCCC2)nc(C2CCCCC2)c1N. The van der Waals surface area contributed by atoms with Gasteiger partial charge in [0, 0.05) is 18.4 Å². The van der Waals surface area contributed by atoms with E-state index in [-0.39, 0.29) is 0 Å². The molecule has 112 valence electrons. The third kappa shape index (κ3) is 2.59. The number of rotatable bonds is 3. The molecule has 0 bridgehead atoms. The van der Waals surface area contributed by atoms with E-state index >= 15 is 0 Å². The summed E-state index contributed by atoms with van der Waals surface area (Å²) in [4.78, 5) is 5.07. The maximum absolute atomic E-state index is 6.45. The number of nitrogens with two attached hydrogens (primary N) is 1. The Morgan fingerprint density at radius 1 is 0.950 bits per heavy atom. The van der Waals surface area contributed by atoms with Crippen molar-refractivity contribution in [3.05, 3.63) is 11.5 Å². The molecule has 20 heavy (non-hydrogen) atoms. The average molecular weight is 275 g/mol. The van der Waals surface area contributed by atoms with E-state index < -0.39 is 0 Å². The molecule has 3 nitrogen and oxygen atoms in total. The third-order valence-electron chi connectivity index (χ3n) is 5.34. The van der Waals surface area contributed by atoms with Crippen LogP contribution in [-0.2, 0) is 6.54 Å². The van der Waals surface area contributed by atoms with E-state index in [4.69, 9.17) is 10.7 Å². The average Bonchev–Trinajstić information content (AvgIpc) is 2.86. The zero-order chi connectivity index (χ0) is 13.9. The van der Waals surface area contributed by atoms with Gasteiger partial charge in [0.15, 0.2) is 0 Å². The lowest BCUT2D eigenvalue weighted by atomic mass is 9.87. The van der Waals surface area contributed by atoms with Crippen molar-refractivity contribution in [3.8, 4) is 0 Å². The highest BCUT2D eigenvalue weighted by Crippen LogP contribution is 2.39. The van der Waals surface area contributed by atoms with Crippen LogP contribution >= 0.6 is 0 Å². The minimum Gasteiger partial charge on any atom is -0.384 e. The summed E-state index contributed by atoms with van der Waals surface area (Å²) >= 11 is 0. The maximum atomic E-state index is 6.45. The fourth-order valence-corrected chi connectivity index (χ4v) is 4.18. The molecule has 0 aliphatic heterocycles. The highest BCUT2D eigenvalue weighted by molar-refractivity contribution is 5.41. The molecule has 2 aliphatic carbocycles. The molecule has 1 heterocycles. The molecule has 2 fully saturated rings. The van der Waals surface area contributed by atoms with Crippen molar-refractivity contribution in [3.63, 3.8) is 0 Å². The van der Waals surface area contributed by atoms with E-state index in [1.807, 2.05) is 0 Å². The second kappa shape index (κ2) is 6.19. The molecule has 1 aromatic rings. The Hall–Kier alpha value is -0.990. The van der Waals surface area contributed by atoms with Crippen LogP contribution in [0.25, 0.3) is 0 Å². The van der Waals surface area contributed by atoms with E-state index in [2.05, 4.69) is 11.5 Å². The Labute approximate surface area is 123 Å². The molecule has 2 saturated carbocycles. The minimum atomic E-state index is 0.624. The van der Waals surface area contributed by atoms with Gasteiger partial charge in [0.1, 0.15) is 11.6 Å². The summed E-state index contributed by atoms with van der Waals surface area (Å²) in [5, 5.41) is 0. The van der Waals surface area contributed by atoms with Gasteiger partial charge in [0.2, 0.25) is 0 Å². The fourth-order valence-electron chi connectivity index (χ4n) is 4.18. The molecule has 0 aromatic carbocycles. The molecular weight excluding hydrogens is 246 g/mol. The molecule has 3 heteroatoms. The number of hydrogen-bond acceptors (Lipinski definition) is 2. The highest BCUT2D eigenvalue weighted by atomic mass is 15.1. The molecule has 1 aromatic heterocycles. The van der Waals surface area contributed by atoms with Crippen molar-refractivity contribution < 1.29 is 0 Å². The van der Waals surface area contributed by atoms with E-state index in [0.29, 0.717) is 11.8 Å². The van der Waals surface area contributed by atoms with Gasteiger partial charge in [-0.25, -0.2) is 4.98 Å². The van der Waals surface area contributed by atoms with Crippen molar-refractivity contribution in [2.75, 3.05) is 5.73 Å².